The van der Waals surface area contributed by atoms with Gasteiger partial charge in [0.1, 0.15) is 5.75 Å². The summed E-state index contributed by atoms with van der Waals surface area (Å²) in [7, 11) is 2.43. The highest BCUT2D eigenvalue weighted by atomic mass is 79.9. The summed E-state index contributed by atoms with van der Waals surface area (Å²) < 4.78 is 130. The molecule has 0 saturated carbocycles. The van der Waals surface area contributed by atoms with Gasteiger partial charge < -0.3 is 19.6 Å². The van der Waals surface area contributed by atoms with Gasteiger partial charge in [-0.3, -0.25) is 9.59 Å². The van der Waals surface area contributed by atoms with Crippen LogP contribution in [0.4, 0.5) is 45.2 Å². The predicted octanol–water partition coefficient (Wildman–Crippen LogP) is 6.68. The summed E-state index contributed by atoms with van der Waals surface area (Å²) >= 11 is 2.65. The highest BCUT2D eigenvalue weighted by Crippen LogP contribution is 2.54. The second-order valence-electron chi connectivity index (χ2n) is 8.74. The minimum Gasteiger partial charge on any atom is -0.619 e. The fourth-order valence-electron chi connectivity index (χ4n) is 4.01. The number of hydrogen-bond donors (Lipinski definition) is 0. The molecule has 3 aromatic rings. The van der Waals surface area contributed by atoms with Crippen LogP contribution in [0.5, 0.6) is 11.5 Å². The lowest BCUT2D eigenvalue weighted by Gasteiger charge is -2.31. The molecule has 0 fully saturated rings. The van der Waals surface area contributed by atoms with Crippen LogP contribution in [0.1, 0.15) is 31.8 Å². The smallest absolute Gasteiger partial charge is 0.435 e. The highest BCUT2D eigenvalue weighted by Gasteiger charge is 2.73. The van der Waals surface area contributed by atoms with Crippen molar-refractivity contribution in [3.05, 3.63) is 86.8 Å². The molecule has 1 aromatic heterocycles. The first-order valence-corrected chi connectivity index (χ1v) is 12.4. The molecular weight excluding hydrogens is 671 g/mol. The standard InChI is InChI=1S/C26H18BrF9N2O5/c1-37(22(40)13-6-8-38(41)9-7-13)18-5-3-4-15(21(18)42-2)19(39)12-16-17(27)10-14(11-20(16)43-23(28)29)24(30,25(31,32)33)26(34,35)36/h3-11,23H,12H2,1-2H3. The van der Waals surface area contributed by atoms with Gasteiger partial charge in [0, 0.05) is 41.2 Å². The molecular formula is C26H18BrF9N2O5. The topological polar surface area (TPSA) is 82.8 Å². The number of methoxy groups -OCH3 is 1. The minimum absolute atomic E-state index is 0.0215. The van der Waals surface area contributed by atoms with E-state index in [0.717, 1.165) is 24.4 Å². The van der Waals surface area contributed by atoms with E-state index in [-0.39, 0.29) is 34.7 Å². The van der Waals surface area contributed by atoms with Crippen LogP contribution in [0.15, 0.2) is 59.3 Å². The normalized spacial score (nSPS) is 12.3. The van der Waals surface area contributed by atoms with Crippen LogP contribution in [0.25, 0.3) is 0 Å². The number of carbonyl (C=O) groups excluding carboxylic acids is 2. The van der Waals surface area contributed by atoms with Crippen LogP contribution in [-0.2, 0) is 12.1 Å². The van der Waals surface area contributed by atoms with Gasteiger partial charge >= 0.3 is 24.6 Å². The van der Waals surface area contributed by atoms with Crippen LogP contribution in [0, 0.1) is 5.21 Å². The van der Waals surface area contributed by atoms with Gasteiger partial charge in [-0.15, -0.1) is 0 Å². The summed E-state index contributed by atoms with van der Waals surface area (Å²) in [5, 5.41) is 11.3. The highest BCUT2D eigenvalue weighted by molar-refractivity contribution is 9.10. The Kier molecular flexibility index (Phi) is 9.58. The Morgan fingerprint density at radius 3 is 2.09 bits per heavy atom. The summed E-state index contributed by atoms with van der Waals surface area (Å²) in [6.45, 7) is -3.78. The van der Waals surface area contributed by atoms with E-state index in [9.17, 15) is 54.3 Å². The van der Waals surface area contributed by atoms with Crippen molar-refractivity contribution in [2.45, 2.75) is 31.1 Å². The molecule has 0 unspecified atom stereocenters. The first-order valence-electron chi connectivity index (χ1n) is 11.6. The van der Waals surface area contributed by atoms with Gasteiger partial charge in [-0.1, -0.05) is 22.0 Å². The number of anilines is 1. The molecule has 0 aliphatic rings. The van der Waals surface area contributed by atoms with Crippen molar-refractivity contribution in [2.24, 2.45) is 0 Å². The fourth-order valence-corrected chi connectivity index (χ4v) is 4.59. The number of amides is 1. The lowest BCUT2D eigenvalue weighted by molar-refractivity contribution is -0.605. The number of ether oxygens (including phenoxy) is 2. The molecule has 1 heterocycles. The van der Waals surface area contributed by atoms with Gasteiger partial charge in [0.25, 0.3) is 5.91 Å². The van der Waals surface area contributed by atoms with Crippen molar-refractivity contribution >= 4 is 33.3 Å². The molecule has 0 atom stereocenters. The SMILES string of the molecule is COc1c(C(=O)Cc2c(Br)cc(C(F)(C(F)(F)F)C(F)(F)F)cc2OC(F)F)cccc1N(C)C(=O)c1cc[n+]([O-])cc1. The molecule has 3 rings (SSSR count). The van der Waals surface area contributed by atoms with E-state index in [1.165, 1.54) is 37.4 Å². The van der Waals surface area contributed by atoms with Gasteiger partial charge in [0.05, 0.1) is 23.9 Å². The van der Waals surface area contributed by atoms with E-state index in [1.54, 1.807) is 0 Å². The Bertz CT molecular complexity index is 1500. The average Bonchev–Trinajstić information content (AvgIpc) is 2.91. The number of hydrogen-bond acceptors (Lipinski definition) is 5. The molecule has 0 aliphatic carbocycles. The third-order valence-corrected chi connectivity index (χ3v) is 6.81. The number of nitrogens with zero attached hydrogens (tertiary/aromatic N) is 2. The first-order chi connectivity index (χ1) is 19.8. The Balaban J connectivity index is 2.08. The number of alkyl halides is 9. The average molecular weight is 689 g/mol. The van der Waals surface area contributed by atoms with Crippen molar-refractivity contribution in [2.75, 3.05) is 19.1 Å². The molecule has 0 radical (unpaired) electrons. The number of ketones is 1. The zero-order valence-corrected chi connectivity index (χ0v) is 23.3. The van der Waals surface area contributed by atoms with Crippen LogP contribution in [0.3, 0.4) is 0 Å². The molecule has 43 heavy (non-hydrogen) atoms. The number of pyridine rings is 1. The van der Waals surface area contributed by atoms with Gasteiger partial charge in [-0.05, 0) is 24.3 Å². The van der Waals surface area contributed by atoms with Crippen molar-refractivity contribution < 1.29 is 63.3 Å². The first kappa shape index (κ1) is 33.5. The van der Waals surface area contributed by atoms with E-state index >= 15 is 0 Å². The number of rotatable bonds is 9. The fraction of sp³-hybridized carbons (Fsp3) is 0.269. The van der Waals surface area contributed by atoms with Crippen LogP contribution in [0.2, 0.25) is 0 Å². The van der Waals surface area contributed by atoms with Gasteiger partial charge in [0.15, 0.2) is 23.9 Å². The lowest BCUT2D eigenvalue weighted by atomic mass is 9.91. The summed E-state index contributed by atoms with van der Waals surface area (Å²) in [5.74, 6) is -3.14. The summed E-state index contributed by atoms with van der Waals surface area (Å²) in [4.78, 5) is 27.3. The Morgan fingerprint density at radius 1 is 1.00 bits per heavy atom. The minimum atomic E-state index is -6.54. The van der Waals surface area contributed by atoms with Crippen molar-refractivity contribution in [3.63, 3.8) is 0 Å². The molecule has 7 nitrogen and oxygen atoms in total. The summed E-state index contributed by atoms with van der Waals surface area (Å²) in [6.07, 6.45) is -11.9. The summed E-state index contributed by atoms with van der Waals surface area (Å²) in [6, 6.07) is 6.19. The molecule has 232 valence electrons. The Morgan fingerprint density at radius 2 is 1.58 bits per heavy atom. The van der Waals surface area contributed by atoms with Crippen LogP contribution in [-0.4, -0.2) is 44.8 Å². The molecule has 0 bridgehead atoms. The number of aromatic nitrogens is 1. The Labute approximate surface area is 245 Å². The second-order valence-corrected chi connectivity index (χ2v) is 9.59. The van der Waals surface area contributed by atoms with Crippen molar-refractivity contribution in [1.29, 1.82) is 0 Å². The number of Topliss-reactive ketones (excluding diaryl/α,β-unsaturated/α-hetero) is 1. The van der Waals surface area contributed by atoms with E-state index in [0.29, 0.717) is 4.73 Å². The Hall–Kier alpha value is -4.02. The number of carbonyl (C=O) groups is 2. The maximum atomic E-state index is 14.7. The molecule has 0 aliphatic heterocycles. The number of halogens is 10. The van der Waals surface area contributed by atoms with Gasteiger partial charge in [0.2, 0.25) is 0 Å². The molecule has 0 N–H and O–H groups in total. The van der Waals surface area contributed by atoms with Gasteiger partial charge in [-0.25, -0.2) is 4.39 Å². The quantitative estimate of drug-likeness (QED) is 0.108. The monoisotopic (exact) mass is 688 g/mol. The van der Waals surface area contributed by atoms with E-state index in [1.807, 2.05) is 0 Å². The molecule has 0 saturated heterocycles. The summed E-state index contributed by atoms with van der Waals surface area (Å²) in [5.41, 5.74) is -8.88. The predicted molar refractivity (Wildman–Crippen MR) is 135 cm³/mol. The molecule has 0 spiro atoms. The maximum Gasteiger partial charge on any atom is 0.435 e. The maximum absolute atomic E-state index is 14.7. The van der Waals surface area contributed by atoms with E-state index < -0.39 is 64.1 Å². The third-order valence-electron chi connectivity index (χ3n) is 6.10. The third kappa shape index (κ3) is 6.65. The number of para-hydroxylation sites is 1. The van der Waals surface area contributed by atoms with Crippen LogP contribution < -0.4 is 19.1 Å². The lowest BCUT2D eigenvalue weighted by Crippen LogP contribution is -2.50. The van der Waals surface area contributed by atoms with Crippen LogP contribution >= 0.6 is 15.9 Å². The molecule has 2 aromatic carbocycles. The van der Waals surface area contributed by atoms with Crippen molar-refractivity contribution in [1.82, 2.24) is 0 Å². The van der Waals surface area contributed by atoms with E-state index in [4.69, 9.17) is 4.74 Å². The number of benzene rings is 2. The van der Waals surface area contributed by atoms with Crippen molar-refractivity contribution in [3.8, 4) is 11.5 Å². The van der Waals surface area contributed by atoms with E-state index in [2.05, 4.69) is 20.7 Å². The van der Waals surface area contributed by atoms with Gasteiger partial charge in [-0.2, -0.15) is 39.9 Å². The second kappa shape index (κ2) is 12.3. The molecule has 17 heteroatoms. The molecule has 1 amide bonds. The largest absolute Gasteiger partial charge is 0.619 e. The zero-order chi connectivity index (χ0) is 32.5. The zero-order valence-electron chi connectivity index (χ0n) is 21.7.